The predicted octanol–water partition coefficient (Wildman–Crippen LogP) is 2.05. The minimum Gasteiger partial charge on any atom is -0.465 e. The number of esters is 1. The van der Waals surface area contributed by atoms with Crippen molar-refractivity contribution in [2.45, 2.75) is 20.4 Å². The van der Waals surface area contributed by atoms with Gasteiger partial charge in [-0.3, -0.25) is 9.59 Å². The molecule has 26 heavy (non-hydrogen) atoms. The largest absolute Gasteiger partial charge is 0.465 e. The molecule has 2 amide bonds. The molecule has 0 saturated carbocycles. The Hall–Kier alpha value is -3.09. The van der Waals surface area contributed by atoms with Gasteiger partial charge in [-0.15, -0.1) is 0 Å². The normalized spacial score (nSPS) is 10.3. The van der Waals surface area contributed by atoms with Crippen LogP contribution in [0.5, 0.6) is 0 Å². The van der Waals surface area contributed by atoms with Crippen LogP contribution >= 0.6 is 0 Å². The molecule has 0 radical (unpaired) electrons. The van der Waals surface area contributed by atoms with E-state index in [-0.39, 0.29) is 11.8 Å². The number of nitrogens with one attached hydrogen (secondary N) is 2. The third-order valence-electron chi connectivity index (χ3n) is 4.11. The summed E-state index contributed by atoms with van der Waals surface area (Å²) in [6.45, 7) is 3.73. The number of hydrogen-bond acceptors (Lipinski definition) is 4. The highest BCUT2D eigenvalue weighted by Gasteiger charge is 2.22. The molecule has 7 heteroatoms. The Morgan fingerprint density at radius 2 is 1.73 bits per heavy atom. The minimum absolute atomic E-state index is 0.0755. The van der Waals surface area contributed by atoms with Gasteiger partial charge in [-0.1, -0.05) is 12.1 Å². The summed E-state index contributed by atoms with van der Waals surface area (Å²) in [5.41, 5.74) is 3.31. The van der Waals surface area contributed by atoms with Crippen molar-refractivity contribution < 1.29 is 19.1 Å². The lowest BCUT2D eigenvalue weighted by Gasteiger charge is -2.11. The Morgan fingerprint density at radius 1 is 1.12 bits per heavy atom. The maximum Gasteiger partial charge on any atom is 0.339 e. The highest BCUT2D eigenvalue weighted by atomic mass is 16.5. The number of carbonyl (C=O) groups excluding carboxylic acids is 3. The number of amides is 2. The van der Waals surface area contributed by atoms with Gasteiger partial charge in [0.05, 0.1) is 12.7 Å². The van der Waals surface area contributed by atoms with Gasteiger partial charge in [0.25, 0.3) is 11.8 Å². The smallest absolute Gasteiger partial charge is 0.339 e. The summed E-state index contributed by atoms with van der Waals surface area (Å²) in [6, 6.07) is 7.04. The zero-order chi connectivity index (χ0) is 19.4. The third kappa shape index (κ3) is 3.93. The summed E-state index contributed by atoms with van der Waals surface area (Å²) in [6.07, 6.45) is 0. The van der Waals surface area contributed by atoms with E-state index in [1.165, 1.54) is 12.0 Å². The van der Waals surface area contributed by atoms with Gasteiger partial charge in [0.2, 0.25) is 0 Å². The Morgan fingerprint density at radius 3 is 2.27 bits per heavy atom. The topological polar surface area (TPSA) is 91.5 Å². The number of ether oxygens (including phenoxy) is 1. The first-order valence-corrected chi connectivity index (χ1v) is 8.12. The molecule has 0 aliphatic carbocycles. The maximum atomic E-state index is 12.4. The average Bonchev–Trinajstić information content (AvgIpc) is 2.93. The van der Waals surface area contributed by atoms with Gasteiger partial charge < -0.3 is 19.9 Å². The first-order chi connectivity index (χ1) is 12.3. The van der Waals surface area contributed by atoms with E-state index in [1.807, 2.05) is 0 Å². The number of nitrogens with zero attached hydrogens (tertiary/aromatic N) is 1. The first-order valence-electron chi connectivity index (χ1n) is 8.12. The number of rotatable bonds is 5. The number of aryl methyl sites for hydroxylation is 1. The third-order valence-corrected chi connectivity index (χ3v) is 4.11. The fraction of sp³-hybridized carbons (Fsp3) is 0.316. The standard InChI is InChI=1S/C19H23N3O4/c1-11-15(19(25)26-5)12(2)21-16(11)17(23)20-10-13-6-8-14(9-7-13)18(24)22(3)4/h6-9,21H,10H2,1-5H3,(H,20,23). The van der Waals surface area contributed by atoms with Crippen molar-refractivity contribution >= 4 is 17.8 Å². The molecule has 0 fully saturated rings. The molecular formula is C19H23N3O4. The van der Waals surface area contributed by atoms with Gasteiger partial charge in [-0.25, -0.2) is 4.79 Å². The van der Waals surface area contributed by atoms with E-state index < -0.39 is 5.97 Å². The van der Waals surface area contributed by atoms with E-state index in [0.29, 0.717) is 34.6 Å². The minimum atomic E-state index is -0.476. The quantitative estimate of drug-likeness (QED) is 0.801. The van der Waals surface area contributed by atoms with Gasteiger partial charge in [0.15, 0.2) is 0 Å². The lowest BCUT2D eigenvalue weighted by atomic mass is 10.1. The molecule has 0 unspecified atom stereocenters. The summed E-state index contributed by atoms with van der Waals surface area (Å²) >= 11 is 0. The van der Waals surface area contributed by atoms with E-state index in [1.54, 1.807) is 52.2 Å². The first kappa shape index (κ1) is 19.2. The van der Waals surface area contributed by atoms with E-state index >= 15 is 0 Å². The Kier molecular flexibility index (Phi) is 5.82. The van der Waals surface area contributed by atoms with Crippen molar-refractivity contribution in [3.63, 3.8) is 0 Å². The molecule has 0 atom stereocenters. The second kappa shape index (κ2) is 7.86. The van der Waals surface area contributed by atoms with Crippen molar-refractivity contribution in [1.82, 2.24) is 15.2 Å². The van der Waals surface area contributed by atoms with Crippen molar-refractivity contribution in [2.75, 3.05) is 21.2 Å². The monoisotopic (exact) mass is 357 g/mol. The highest BCUT2D eigenvalue weighted by Crippen LogP contribution is 2.19. The number of benzene rings is 1. The van der Waals surface area contributed by atoms with Crippen LogP contribution in [0, 0.1) is 13.8 Å². The van der Waals surface area contributed by atoms with Crippen LogP contribution in [0.15, 0.2) is 24.3 Å². The van der Waals surface area contributed by atoms with E-state index in [4.69, 9.17) is 4.74 Å². The van der Waals surface area contributed by atoms with Gasteiger partial charge in [-0.05, 0) is 37.1 Å². The molecule has 0 saturated heterocycles. The number of hydrogen-bond donors (Lipinski definition) is 2. The number of aromatic nitrogens is 1. The molecule has 7 nitrogen and oxygen atoms in total. The SMILES string of the molecule is COC(=O)c1c(C)[nH]c(C(=O)NCc2ccc(C(=O)N(C)C)cc2)c1C. The highest BCUT2D eigenvalue weighted by molar-refractivity contribution is 6.00. The second-order valence-electron chi connectivity index (χ2n) is 6.20. The molecule has 1 heterocycles. The van der Waals surface area contributed by atoms with Gasteiger partial charge in [-0.2, -0.15) is 0 Å². The number of methoxy groups -OCH3 is 1. The van der Waals surface area contributed by atoms with Crippen molar-refractivity contribution in [1.29, 1.82) is 0 Å². The summed E-state index contributed by atoms with van der Waals surface area (Å²) in [5, 5.41) is 2.81. The average molecular weight is 357 g/mol. The maximum absolute atomic E-state index is 12.4. The van der Waals surface area contributed by atoms with E-state index in [9.17, 15) is 14.4 Å². The van der Waals surface area contributed by atoms with Crippen LogP contribution in [-0.4, -0.2) is 48.9 Å². The summed E-state index contributed by atoms with van der Waals surface area (Å²) in [5.74, 6) is -0.862. The van der Waals surface area contributed by atoms with Crippen molar-refractivity contribution in [3.05, 3.63) is 57.9 Å². The fourth-order valence-corrected chi connectivity index (χ4v) is 2.68. The zero-order valence-corrected chi connectivity index (χ0v) is 15.6. The van der Waals surface area contributed by atoms with Crippen LogP contribution in [-0.2, 0) is 11.3 Å². The molecule has 2 N–H and O–H groups in total. The molecule has 138 valence electrons. The van der Waals surface area contributed by atoms with Crippen LogP contribution in [0.3, 0.4) is 0 Å². The second-order valence-corrected chi connectivity index (χ2v) is 6.20. The van der Waals surface area contributed by atoms with Crippen molar-refractivity contribution in [2.24, 2.45) is 0 Å². The molecule has 0 aliphatic heterocycles. The van der Waals surface area contributed by atoms with Crippen LogP contribution in [0.2, 0.25) is 0 Å². The lowest BCUT2D eigenvalue weighted by Crippen LogP contribution is -2.24. The number of carbonyl (C=O) groups is 3. The molecule has 0 aliphatic rings. The van der Waals surface area contributed by atoms with E-state index in [2.05, 4.69) is 10.3 Å². The van der Waals surface area contributed by atoms with Crippen LogP contribution in [0.1, 0.15) is 48.0 Å². The van der Waals surface area contributed by atoms with Gasteiger partial charge in [0.1, 0.15) is 5.69 Å². The Bertz CT molecular complexity index is 835. The van der Waals surface area contributed by atoms with Crippen LogP contribution in [0.25, 0.3) is 0 Å². The van der Waals surface area contributed by atoms with E-state index in [0.717, 1.165) is 5.56 Å². The summed E-state index contributed by atoms with van der Waals surface area (Å²) < 4.78 is 4.75. The van der Waals surface area contributed by atoms with Crippen LogP contribution < -0.4 is 5.32 Å². The van der Waals surface area contributed by atoms with Crippen molar-refractivity contribution in [3.8, 4) is 0 Å². The molecule has 0 spiro atoms. The molecular weight excluding hydrogens is 334 g/mol. The molecule has 2 aromatic rings. The molecule has 2 rings (SSSR count). The predicted molar refractivity (Wildman–Crippen MR) is 97.2 cm³/mol. The molecule has 0 bridgehead atoms. The zero-order valence-electron chi connectivity index (χ0n) is 15.6. The summed E-state index contributed by atoms with van der Waals surface area (Å²) in [7, 11) is 4.69. The number of H-pyrrole nitrogens is 1. The van der Waals surface area contributed by atoms with Gasteiger partial charge in [0, 0.05) is 31.9 Å². The molecule has 1 aromatic heterocycles. The Labute approximate surface area is 152 Å². The lowest BCUT2D eigenvalue weighted by molar-refractivity contribution is 0.0599. The Balaban J connectivity index is 2.08. The van der Waals surface area contributed by atoms with Gasteiger partial charge >= 0.3 is 5.97 Å². The summed E-state index contributed by atoms with van der Waals surface area (Å²) in [4.78, 5) is 40.5. The number of aromatic amines is 1. The fourth-order valence-electron chi connectivity index (χ4n) is 2.68. The van der Waals surface area contributed by atoms with Crippen LogP contribution in [0.4, 0.5) is 0 Å². The molecule has 1 aromatic carbocycles.